The van der Waals surface area contributed by atoms with Crippen molar-refractivity contribution >= 4 is 11.8 Å². The van der Waals surface area contributed by atoms with Crippen LogP contribution in [-0.4, -0.2) is 54.4 Å². The first kappa shape index (κ1) is 19.3. The summed E-state index contributed by atoms with van der Waals surface area (Å²) in [4.78, 5) is 29.0. The molecule has 0 spiro atoms. The fourth-order valence-corrected chi connectivity index (χ4v) is 3.08. The summed E-state index contributed by atoms with van der Waals surface area (Å²) in [6.07, 6.45) is 0.809. The van der Waals surface area contributed by atoms with Crippen molar-refractivity contribution in [1.82, 2.24) is 9.80 Å². The summed E-state index contributed by atoms with van der Waals surface area (Å²) in [6.45, 7) is 12.9. The minimum absolute atomic E-state index is 0.0243. The van der Waals surface area contributed by atoms with E-state index in [1.807, 2.05) is 62.6 Å². The van der Waals surface area contributed by atoms with Gasteiger partial charge in [-0.1, -0.05) is 20.8 Å². The van der Waals surface area contributed by atoms with E-state index in [1.165, 1.54) is 0 Å². The van der Waals surface area contributed by atoms with Crippen LogP contribution in [0.5, 0.6) is 5.75 Å². The largest absolute Gasteiger partial charge is 0.494 e. The molecule has 1 aromatic carbocycles. The summed E-state index contributed by atoms with van der Waals surface area (Å²) in [5.74, 6) is 0.992. The van der Waals surface area contributed by atoms with Gasteiger partial charge >= 0.3 is 0 Å². The zero-order valence-electron chi connectivity index (χ0n) is 16.1. The number of nitrogens with zero attached hydrogens (tertiary/aromatic N) is 2. The van der Waals surface area contributed by atoms with Crippen LogP contribution in [0.15, 0.2) is 18.2 Å². The molecular weight excluding hydrogens is 316 g/mol. The summed E-state index contributed by atoms with van der Waals surface area (Å²) in [6, 6.07) is 5.57. The van der Waals surface area contributed by atoms with Gasteiger partial charge in [-0.2, -0.15) is 0 Å². The molecule has 0 aromatic heterocycles. The molecule has 0 radical (unpaired) electrons. The minimum Gasteiger partial charge on any atom is -0.494 e. The first-order valence-corrected chi connectivity index (χ1v) is 9.06. The highest BCUT2D eigenvalue weighted by Gasteiger charge is 2.29. The van der Waals surface area contributed by atoms with Gasteiger partial charge in [0.25, 0.3) is 5.91 Å². The number of amides is 2. The monoisotopic (exact) mass is 346 g/mol. The Bertz CT molecular complexity index is 634. The molecule has 5 heteroatoms. The van der Waals surface area contributed by atoms with E-state index < -0.39 is 0 Å². The zero-order valence-corrected chi connectivity index (χ0v) is 16.1. The van der Waals surface area contributed by atoms with Crippen molar-refractivity contribution in [3.63, 3.8) is 0 Å². The Balaban J connectivity index is 2.06. The van der Waals surface area contributed by atoms with E-state index >= 15 is 0 Å². The average molecular weight is 346 g/mol. The maximum absolute atomic E-state index is 12.8. The van der Waals surface area contributed by atoms with Crippen LogP contribution in [0.1, 0.15) is 50.0 Å². The van der Waals surface area contributed by atoms with Crippen molar-refractivity contribution in [1.29, 1.82) is 0 Å². The summed E-state index contributed by atoms with van der Waals surface area (Å²) in [5.41, 5.74) is 1.26. The van der Waals surface area contributed by atoms with Crippen molar-refractivity contribution in [2.75, 3.05) is 32.8 Å². The summed E-state index contributed by atoms with van der Waals surface area (Å²) < 4.78 is 5.54. The normalized spacial score (nSPS) is 15.7. The van der Waals surface area contributed by atoms with E-state index in [2.05, 4.69) is 0 Å². The Labute approximate surface area is 150 Å². The van der Waals surface area contributed by atoms with Gasteiger partial charge in [0.15, 0.2) is 0 Å². The lowest BCUT2D eigenvalue weighted by atomic mass is 9.94. The average Bonchev–Trinajstić information content (AvgIpc) is 2.80. The minimum atomic E-state index is -0.384. The van der Waals surface area contributed by atoms with Crippen LogP contribution in [-0.2, 0) is 4.79 Å². The predicted molar refractivity (Wildman–Crippen MR) is 98.9 cm³/mol. The number of hydrogen-bond donors (Lipinski definition) is 0. The van der Waals surface area contributed by atoms with E-state index in [-0.39, 0.29) is 17.2 Å². The smallest absolute Gasteiger partial charge is 0.253 e. The predicted octanol–water partition coefficient (Wildman–Crippen LogP) is 3.11. The molecule has 0 N–H and O–H groups in total. The first-order valence-electron chi connectivity index (χ1n) is 9.06. The van der Waals surface area contributed by atoms with Gasteiger partial charge in [-0.05, 0) is 44.0 Å². The molecule has 5 nitrogen and oxygen atoms in total. The molecule has 0 aliphatic carbocycles. The fourth-order valence-electron chi connectivity index (χ4n) is 3.08. The SMILES string of the molecule is CCOc1ccc(C(=O)N2CCCN(C(=O)C(C)(C)C)CC2)cc1C. The number of hydrogen-bond acceptors (Lipinski definition) is 3. The molecule has 2 rings (SSSR count). The topological polar surface area (TPSA) is 49.9 Å². The second kappa shape index (κ2) is 7.89. The van der Waals surface area contributed by atoms with Crippen molar-refractivity contribution < 1.29 is 14.3 Å². The van der Waals surface area contributed by atoms with Gasteiger partial charge in [-0.3, -0.25) is 9.59 Å². The van der Waals surface area contributed by atoms with Crippen LogP contribution in [0.4, 0.5) is 0 Å². The molecule has 1 heterocycles. The molecule has 1 aliphatic heterocycles. The molecule has 1 aromatic rings. The van der Waals surface area contributed by atoms with Gasteiger partial charge in [-0.25, -0.2) is 0 Å². The van der Waals surface area contributed by atoms with Crippen LogP contribution in [0.2, 0.25) is 0 Å². The molecule has 1 aliphatic rings. The van der Waals surface area contributed by atoms with Crippen molar-refractivity contribution in [2.45, 2.75) is 41.0 Å². The number of aryl methyl sites for hydroxylation is 1. The molecule has 1 fully saturated rings. The first-order chi connectivity index (χ1) is 11.7. The molecule has 0 unspecified atom stereocenters. The highest BCUT2D eigenvalue weighted by Crippen LogP contribution is 2.22. The lowest BCUT2D eigenvalue weighted by Crippen LogP contribution is -2.42. The summed E-state index contributed by atoms with van der Waals surface area (Å²) >= 11 is 0. The molecule has 25 heavy (non-hydrogen) atoms. The van der Waals surface area contributed by atoms with Crippen molar-refractivity contribution in [3.8, 4) is 5.75 Å². The van der Waals surface area contributed by atoms with Crippen LogP contribution in [0.25, 0.3) is 0 Å². The highest BCUT2D eigenvalue weighted by atomic mass is 16.5. The number of benzene rings is 1. The van der Waals surface area contributed by atoms with Crippen LogP contribution < -0.4 is 4.74 Å². The summed E-state index contributed by atoms with van der Waals surface area (Å²) in [5, 5.41) is 0. The summed E-state index contributed by atoms with van der Waals surface area (Å²) in [7, 11) is 0. The Morgan fingerprint density at radius 1 is 1.08 bits per heavy atom. The third kappa shape index (κ3) is 4.74. The van der Waals surface area contributed by atoms with Gasteiger partial charge in [0, 0.05) is 37.2 Å². The van der Waals surface area contributed by atoms with E-state index in [4.69, 9.17) is 4.74 Å². The van der Waals surface area contributed by atoms with Gasteiger partial charge in [0.2, 0.25) is 5.91 Å². The van der Waals surface area contributed by atoms with Crippen molar-refractivity contribution in [3.05, 3.63) is 29.3 Å². The van der Waals surface area contributed by atoms with E-state index in [9.17, 15) is 9.59 Å². The maximum Gasteiger partial charge on any atom is 0.253 e. The van der Waals surface area contributed by atoms with E-state index in [1.54, 1.807) is 0 Å². The zero-order chi connectivity index (χ0) is 18.6. The number of rotatable bonds is 3. The second-order valence-corrected chi connectivity index (χ2v) is 7.60. The fraction of sp³-hybridized carbons (Fsp3) is 0.600. The Kier molecular flexibility index (Phi) is 6.09. The third-order valence-electron chi connectivity index (χ3n) is 4.43. The lowest BCUT2D eigenvalue weighted by molar-refractivity contribution is -0.139. The molecule has 2 amide bonds. The molecule has 138 valence electrons. The molecular formula is C20H30N2O3. The van der Waals surface area contributed by atoms with Gasteiger partial charge in [0.1, 0.15) is 5.75 Å². The second-order valence-electron chi connectivity index (χ2n) is 7.60. The third-order valence-corrected chi connectivity index (χ3v) is 4.43. The van der Waals surface area contributed by atoms with Gasteiger partial charge < -0.3 is 14.5 Å². The molecule has 0 atom stereocenters. The van der Waals surface area contributed by atoms with Gasteiger partial charge in [-0.15, -0.1) is 0 Å². The number of carbonyl (C=O) groups is 2. The van der Waals surface area contributed by atoms with Crippen LogP contribution in [0, 0.1) is 12.3 Å². The molecule has 0 saturated carbocycles. The number of ether oxygens (including phenoxy) is 1. The van der Waals surface area contributed by atoms with Crippen LogP contribution >= 0.6 is 0 Å². The van der Waals surface area contributed by atoms with E-state index in [0.29, 0.717) is 38.3 Å². The Morgan fingerprint density at radius 2 is 1.72 bits per heavy atom. The standard InChI is InChI=1S/C20H30N2O3/c1-6-25-17-9-8-16(14-15(17)2)18(23)21-10-7-11-22(13-12-21)19(24)20(3,4)5/h8-9,14H,6-7,10-13H2,1-5H3. The lowest BCUT2D eigenvalue weighted by Gasteiger charge is -2.28. The highest BCUT2D eigenvalue weighted by molar-refractivity contribution is 5.94. The Hall–Kier alpha value is -2.04. The van der Waals surface area contributed by atoms with Crippen LogP contribution in [0.3, 0.4) is 0 Å². The quantitative estimate of drug-likeness (QED) is 0.845. The molecule has 1 saturated heterocycles. The van der Waals surface area contributed by atoms with Crippen molar-refractivity contribution in [2.24, 2.45) is 5.41 Å². The van der Waals surface area contributed by atoms with E-state index in [0.717, 1.165) is 17.7 Å². The maximum atomic E-state index is 12.8. The van der Waals surface area contributed by atoms with Gasteiger partial charge in [0.05, 0.1) is 6.61 Å². The Morgan fingerprint density at radius 3 is 2.32 bits per heavy atom. The molecule has 0 bridgehead atoms. The number of carbonyl (C=O) groups excluding carboxylic acids is 2.